The van der Waals surface area contributed by atoms with E-state index in [0.29, 0.717) is 18.7 Å². The summed E-state index contributed by atoms with van der Waals surface area (Å²) in [6.45, 7) is 6.60. The number of H-pyrrole nitrogens is 1. The zero-order valence-corrected chi connectivity index (χ0v) is 12.2. The summed E-state index contributed by atoms with van der Waals surface area (Å²) in [6, 6.07) is 7.79. The molecule has 0 aliphatic carbocycles. The van der Waals surface area contributed by atoms with Gasteiger partial charge in [0.25, 0.3) is 5.56 Å². The van der Waals surface area contributed by atoms with Gasteiger partial charge in [-0.2, -0.15) is 0 Å². The molecule has 0 unspecified atom stereocenters. The van der Waals surface area contributed by atoms with Crippen molar-refractivity contribution in [3.63, 3.8) is 0 Å². The van der Waals surface area contributed by atoms with Crippen LogP contribution in [0.3, 0.4) is 0 Å². The molecular formula is C16H20N2O2. The third-order valence-corrected chi connectivity index (χ3v) is 3.38. The van der Waals surface area contributed by atoms with Crippen LogP contribution in [-0.4, -0.2) is 22.3 Å². The maximum Gasteiger partial charge on any atom is 0.253 e. The van der Waals surface area contributed by atoms with E-state index in [-0.39, 0.29) is 11.5 Å². The second-order valence-electron chi connectivity index (χ2n) is 5.15. The molecule has 1 aromatic heterocycles. The second-order valence-corrected chi connectivity index (χ2v) is 5.15. The summed E-state index contributed by atoms with van der Waals surface area (Å²) >= 11 is 0. The Morgan fingerprint density at radius 2 is 2.05 bits per heavy atom. The van der Waals surface area contributed by atoms with Crippen molar-refractivity contribution in [3.05, 3.63) is 45.7 Å². The molecule has 1 amide bonds. The summed E-state index contributed by atoms with van der Waals surface area (Å²) in [7, 11) is 0. The summed E-state index contributed by atoms with van der Waals surface area (Å²) in [5.41, 5.74) is 2.48. The van der Waals surface area contributed by atoms with Gasteiger partial charge < -0.3 is 9.88 Å². The third-order valence-electron chi connectivity index (χ3n) is 3.38. The van der Waals surface area contributed by atoms with Gasteiger partial charge >= 0.3 is 0 Å². The normalized spacial score (nSPS) is 10.8. The Labute approximate surface area is 118 Å². The van der Waals surface area contributed by atoms with Gasteiger partial charge in [-0.1, -0.05) is 18.6 Å². The summed E-state index contributed by atoms with van der Waals surface area (Å²) in [6.07, 6.45) is 0.879. The van der Waals surface area contributed by atoms with Crippen molar-refractivity contribution in [1.29, 1.82) is 0 Å². The maximum absolute atomic E-state index is 12.1. The number of fused-ring (bicyclic) bond motifs is 1. The van der Waals surface area contributed by atoms with Crippen molar-refractivity contribution >= 4 is 16.8 Å². The molecule has 0 aliphatic heterocycles. The monoisotopic (exact) mass is 272 g/mol. The van der Waals surface area contributed by atoms with Crippen LogP contribution in [0.1, 0.15) is 31.4 Å². The van der Waals surface area contributed by atoms with Gasteiger partial charge in [-0.25, -0.2) is 0 Å². The van der Waals surface area contributed by atoms with E-state index in [1.165, 1.54) is 6.92 Å². The number of aromatic amines is 1. The van der Waals surface area contributed by atoms with Gasteiger partial charge in [0.1, 0.15) is 0 Å². The van der Waals surface area contributed by atoms with Gasteiger partial charge in [0.05, 0.1) is 6.54 Å². The molecule has 0 bridgehead atoms. The Bertz CT molecular complexity index is 688. The quantitative estimate of drug-likeness (QED) is 0.930. The highest BCUT2D eigenvalue weighted by Gasteiger charge is 2.11. The average Bonchev–Trinajstić information content (AvgIpc) is 2.39. The number of amides is 1. The topological polar surface area (TPSA) is 53.2 Å². The predicted molar refractivity (Wildman–Crippen MR) is 80.7 cm³/mol. The molecule has 0 spiro atoms. The molecular weight excluding hydrogens is 252 g/mol. The van der Waals surface area contributed by atoms with E-state index in [0.717, 1.165) is 22.9 Å². The van der Waals surface area contributed by atoms with Crippen LogP contribution in [0.5, 0.6) is 0 Å². The van der Waals surface area contributed by atoms with Crippen LogP contribution < -0.4 is 5.56 Å². The van der Waals surface area contributed by atoms with E-state index in [1.807, 2.05) is 38.1 Å². The predicted octanol–water partition coefficient (Wildman–Crippen LogP) is 2.60. The molecule has 0 atom stereocenters. The summed E-state index contributed by atoms with van der Waals surface area (Å²) in [5.74, 6) is -0.00408. The smallest absolute Gasteiger partial charge is 0.253 e. The minimum Gasteiger partial charge on any atom is -0.338 e. The zero-order chi connectivity index (χ0) is 14.7. The van der Waals surface area contributed by atoms with Crippen LogP contribution in [0.15, 0.2) is 29.1 Å². The minimum absolute atomic E-state index is 0.00408. The van der Waals surface area contributed by atoms with Crippen LogP contribution in [-0.2, 0) is 11.3 Å². The fourth-order valence-electron chi connectivity index (χ4n) is 2.31. The van der Waals surface area contributed by atoms with Gasteiger partial charge in [0, 0.05) is 24.5 Å². The van der Waals surface area contributed by atoms with Gasteiger partial charge in [-0.3, -0.25) is 9.59 Å². The highest BCUT2D eigenvalue weighted by Crippen LogP contribution is 2.14. The number of benzene rings is 1. The van der Waals surface area contributed by atoms with Gasteiger partial charge in [0.15, 0.2) is 0 Å². The molecule has 0 fully saturated rings. The lowest BCUT2D eigenvalue weighted by Crippen LogP contribution is -2.31. The lowest BCUT2D eigenvalue weighted by molar-refractivity contribution is -0.129. The molecule has 20 heavy (non-hydrogen) atoms. The number of nitrogens with zero attached hydrogens (tertiary/aromatic N) is 1. The number of carbonyl (C=O) groups is 1. The number of aromatic nitrogens is 1. The van der Waals surface area contributed by atoms with Gasteiger partial charge in [0.2, 0.25) is 5.91 Å². The van der Waals surface area contributed by atoms with Crippen LogP contribution in [0, 0.1) is 6.92 Å². The maximum atomic E-state index is 12.1. The van der Waals surface area contributed by atoms with Crippen LogP contribution >= 0.6 is 0 Å². The number of rotatable bonds is 4. The van der Waals surface area contributed by atoms with E-state index >= 15 is 0 Å². The number of aryl methyl sites for hydroxylation is 1. The molecule has 0 saturated carbocycles. The molecule has 4 nitrogen and oxygen atoms in total. The first-order chi connectivity index (χ1) is 9.51. The minimum atomic E-state index is -0.122. The third kappa shape index (κ3) is 3.07. The van der Waals surface area contributed by atoms with E-state index in [9.17, 15) is 9.59 Å². The first kappa shape index (κ1) is 14.3. The molecule has 0 aliphatic rings. The largest absolute Gasteiger partial charge is 0.338 e. The Balaban J connectivity index is 2.40. The van der Waals surface area contributed by atoms with E-state index in [2.05, 4.69) is 4.98 Å². The molecule has 2 aromatic rings. The van der Waals surface area contributed by atoms with E-state index < -0.39 is 0 Å². The molecule has 0 saturated heterocycles. The van der Waals surface area contributed by atoms with Gasteiger partial charge in [-0.15, -0.1) is 0 Å². The fourth-order valence-corrected chi connectivity index (χ4v) is 2.31. The van der Waals surface area contributed by atoms with Crippen molar-refractivity contribution in [3.8, 4) is 0 Å². The first-order valence-electron chi connectivity index (χ1n) is 6.89. The Kier molecular flexibility index (Phi) is 4.23. The highest BCUT2D eigenvalue weighted by molar-refractivity contribution is 5.80. The van der Waals surface area contributed by atoms with Crippen molar-refractivity contribution in [2.45, 2.75) is 33.7 Å². The summed E-state index contributed by atoms with van der Waals surface area (Å²) in [4.78, 5) is 28.2. The average molecular weight is 272 g/mol. The standard InChI is InChI=1S/C16H20N2O2/c1-4-7-18(12(3)19)10-14-9-13-8-11(2)5-6-15(13)17-16(14)20/h5-6,8-9H,4,7,10H2,1-3H3,(H,17,20). The zero-order valence-electron chi connectivity index (χ0n) is 12.2. The van der Waals surface area contributed by atoms with E-state index in [4.69, 9.17) is 0 Å². The summed E-state index contributed by atoms with van der Waals surface area (Å²) in [5, 5.41) is 1.000. The molecule has 4 heteroatoms. The molecule has 2 rings (SSSR count). The van der Waals surface area contributed by atoms with Crippen molar-refractivity contribution in [1.82, 2.24) is 9.88 Å². The van der Waals surface area contributed by atoms with E-state index in [1.54, 1.807) is 4.90 Å². The van der Waals surface area contributed by atoms with Crippen LogP contribution in [0.25, 0.3) is 10.9 Å². The Morgan fingerprint density at radius 1 is 1.30 bits per heavy atom. The molecule has 1 aromatic carbocycles. The molecule has 106 valence electrons. The Hall–Kier alpha value is -2.10. The summed E-state index contributed by atoms with van der Waals surface area (Å²) < 4.78 is 0. The van der Waals surface area contributed by atoms with Gasteiger partial charge in [-0.05, 0) is 36.9 Å². The lowest BCUT2D eigenvalue weighted by atomic mass is 10.1. The Morgan fingerprint density at radius 3 is 2.70 bits per heavy atom. The van der Waals surface area contributed by atoms with Crippen molar-refractivity contribution in [2.75, 3.05) is 6.54 Å². The number of hydrogen-bond acceptors (Lipinski definition) is 2. The van der Waals surface area contributed by atoms with Crippen molar-refractivity contribution in [2.24, 2.45) is 0 Å². The number of pyridine rings is 1. The van der Waals surface area contributed by atoms with Crippen molar-refractivity contribution < 1.29 is 4.79 Å². The molecule has 1 heterocycles. The van der Waals surface area contributed by atoms with Crippen LogP contribution in [0.2, 0.25) is 0 Å². The second kappa shape index (κ2) is 5.90. The molecule has 1 N–H and O–H groups in total. The molecule has 0 radical (unpaired) electrons. The fraction of sp³-hybridized carbons (Fsp3) is 0.375. The highest BCUT2D eigenvalue weighted by atomic mass is 16.2. The number of nitrogens with one attached hydrogen (secondary N) is 1. The van der Waals surface area contributed by atoms with Crippen LogP contribution in [0.4, 0.5) is 0 Å². The number of hydrogen-bond donors (Lipinski definition) is 1. The first-order valence-corrected chi connectivity index (χ1v) is 6.89. The number of carbonyl (C=O) groups excluding carboxylic acids is 1. The lowest BCUT2D eigenvalue weighted by Gasteiger charge is -2.20. The SMILES string of the molecule is CCCN(Cc1cc2cc(C)ccc2[nH]c1=O)C(C)=O.